The van der Waals surface area contributed by atoms with Gasteiger partial charge in [0, 0.05) is 32.7 Å². The third-order valence-electron chi connectivity index (χ3n) is 5.90. The maximum absolute atomic E-state index is 13.2. The molecule has 1 amide bonds. The van der Waals surface area contributed by atoms with Crippen LogP contribution in [0.2, 0.25) is 0 Å². The number of rotatable bonds is 4. The lowest BCUT2D eigenvalue weighted by Gasteiger charge is -2.36. The number of piperazine rings is 1. The Hall–Kier alpha value is -3.50. The molecule has 1 aliphatic heterocycles. The summed E-state index contributed by atoms with van der Waals surface area (Å²) in [4.78, 5) is 34.8. The van der Waals surface area contributed by atoms with Crippen LogP contribution in [0.5, 0.6) is 0 Å². The number of carbonyl (C=O) groups is 1. The van der Waals surface area contributed by atoms with Crippen LogP contribution in [0.25, 0.3) is 10.9 Å². The van der Waals surface area contributed by atoms with Gasteiger partial charge in [-0.1, -0.05) is 24.3 Å². The van der Waals surface area contributed by atoms with E-state index < -0.39 is 6.04 Å². The Morgan fingerprint density at radius 2 is 1.77 bits per heavy atom. The molecule has 4 rings (SSSR count). The Morgan fingerprint density at radius 1 is 1.10 bits per heavy atom. The summed E-state index contributed by atoms with van der Waals surface area (Å²) in [7, 11) is 0. The summed E-state index contributed by atoms with van der Waals surface area (Å²) in [5, 5.41) is 9.45. The number of nitriles is 1. The van der Waals surface area contributed by atoms with Crippen molar-refractivity contribution >= 4 is 16.8 Å². The number of hydrogen-bond donors (Lipinski definition) is 0. The second-order valence-corrected chi connectivity index (χ2v) is 7.94. The molecule has 2 heterocycles. The molecule has 0 aliphatic carbocycles. The summed E-state index contributed by atoms with van der Waals surface area (Å²) in [5.74, 6) is 0.490. The molecule has 0 bridgehead atoms. The standard InChI is InChI=1S/C24H25N5O2/c1-17(29-18(2)26-22-6-4-3-5-21(22)24(29)31)23(30)28-13-11-27(12-14-28)16-20-9-7-19(15-25)8-10-20/h3-10,17H,11-14,16H2,1-2H3. The van der Waals surface area contributed by atoms with Crippen LogP contribution in [-0.2, 0) is 11.3 Å². The first-order valence-electron chi connectivity index (χ1n) is 10.5. The molecule has 0 saturated carbocycles. The van der Waals surface area contributed by atoms with E-state index in [2.05, 4.69) is 16.0 Å². The lowest BCUT2D eigenvalue weighted by atomic mass is 10.1. The highest BCUT2D eigenvalue weighted by atomic mass is 16.2. The molecular weight excluding hydrogens is 390 g/mol. The van der Waals surface area contributed by atoms with E-state index in [1.165, 1.54) is 4.57 Å². The van der Waals surface area contributed by atoms with Crippen molar-refractivity contribution < 1.29 is 4.79 Å². The van der Waals surface area contributed by atoms with Crippen molar-refractivity contribution in [3.63, 3.8) is 0 Å². The SMILES string of the molecule is Cc1nc2ccccc2c(=O)n1C(C)C(=O)N1CCN(Cc2ccc(C#N)cc2)CC1. The molecule has 7 nitrogen and oxygen atoms in total. The first-order chi connectivity index (χ1) is 15.0. The second-order valence-electron chi connectivity index (χ2n) is 7.94. The van der Waals surface area contributed by atoms with Crippen LogP contribution in [0.15, 0.2) is 53.3 Å². The van der Waals surface area contributed by atoms with E-state index in [9.17, 15) is 9.59 Å². The molecular formula is C24H25N5O2. The van der Waals surface area contributed by atoms with Crippen molar-refractivity contribution in [2.75, 3.05) is 26.2 Å². The van der Waals surface area contributed by atoms with Gasteiger partial charge in [-0.05, 0) is 43.7 Å². The van der Waals surface area contributed by atoms with Gasteiger partial charge < -0.3 is 4.90 Å². The first kappa shape index (κ1) is 20.8. The minimum atomic E-state index is -0.602. The highest BCUT2D eigenvalue weighted by Gasteiger charge is 2.27. The van der Waals surface area contributed by atoms with Gasteiger partial charge in [0.05, 0.1) is 22.5 Å². The molecule has 0 radical (unpaired) electrons. The molecule has 3 aromatic rings. The number of carbonyl (C=O) groups excluding carboxylic acids is 1. The van der Waals surface area contributed by atoms with Crippen LogP contribution in [0.4, 0.5) is 0 Å². The quantitative estimate of drug-likeness (QED) is 0.654. The van der Waals surface area contributed by atoms with Crippen LogP contribution in [0, 0.1) is 18.3 Å². The molecule has 1 fully saturated rings. The van der Waals surface area contributed by atoms with Crippen molar-refractivity contribution in [1.29, 1.82) is 5.26 Å². The van der Waals surface area contributed by atoms with Crippen LogP contribution >= 0.6 is 0 Å². The Balaban J connectivity index is 1.43. The monoisotopic (exact) mass is 415 g/mol. The van der Waals surface area contributed by atoms with E-state index in [0.29, 0.717) is 35.4 Å². The number of benzene rings is 2. The number of aryl methyl sites for hydroxylation is 1. The zero-order chi connectivity index (χ0) is 22.0. The number of para-hydroxylation sites is 1. The maximum atomic E-state index is 13.2. The lowest BCUT2D eigenvalue weighted by Crippen LogP contribution is -2.50. The zero-order valence-corrected chi connectivity index (χ0v) is 17.8. The molecule has 1 unspecified atom stereocenters. The van der Waals surface area contributed by atoms with Crippen molar-refractivity contribution in [2.45, 2.75) is 26.4 Å². The van der Waals surface area contributed by atoms with Crippen molar-refractivity contribution in [3.8, 4) is 6.07 Å². The highest BCUT2D eigenvalue weighted by molar-refractivity contribution is 5.82. The summed E-state index contributed by atoms with van der Waals surface area (Å²) in [6, 6.07) is 16.4. The van der Waals surface area contributed by atoms with Crippen molar-refractivity contribution in [3.05, 3.63) is 75.8 Å². The molecule has 0 spiro atoms. The number of aromatic nitrogens is 2. The number of amides is 1. The largest absolute Gasteiger partial charge is 0.338 e. The van der Waals surface area contributed by atoms with E-state index in [1.54, 1.807) is 19.9 Å². The van der Waals surface area contributed by atoms with E-state index in [1.807, 2.05) is 47.4 Å². The molecule has 1 saturated heterocycles. The molecule has 1 atom stereocenters. The van der Waals surface area contributed by atoms with E-state index in [4.69, 9.17) is 5.26 Å². The fourth-order valence-corrected chi connectivity index (χ4v) is 4.16. The fourth-order valence-electron chi connectivity index (χ4n) is 4.16. The van der Waals surface area contributed by atoms with Gasteiger partial charge in [0.15, 0.2) is 0 Å². The second kappa shape index (κ2) is 8.70. The van der Waals surface area contributed by atoms with Gasteiger partial charge in [0.2, 0.25) is 5.91 Å². The van der Waals surface area contributed by atoms with Crippen LogP contribution < -0.4 is 5.56 Å². The van der Waals surface area contributed by atoms with Gasteiger partial charge in [0.25, 0.3) is 5.56 Å². The molecule has 158 valence electrons. The van der Waals surface area contributed by atoms with E-state index in [-0.39, 0.29) is 11.5 Å². The fraction of sp³-hybridized carbons (Fsp3) is 0.333. The highest BCUT2D eigenvalue weighted by Crippen LogP contribution is 2.16. The van der Waals surface area contributed by atoms with Gasteiger partial charge in [-0.25, -0.2) is 4.98 Å². The summed E-state index contributed by atoms with van der Waals surface area (Å²) in [6.45, 7) is 7.10. The number of nitrogens with zero attached hydrogens (tertiary/aromatic N) is 5. The molecule has 1 aromatic heterocycles. The van der Waals surface area contributed by atoms with Crippen molar-refractivity contribution in [1.82, 2.24) is 19.4 Å². The van der Waals surface area contributed by atoms with E-state index >= 15 is 0 Å². The molecule has 1 aliphatic rings. The average molecular weight is 415 g/mol. The predicted molar refractivity (Wildman–Crippen MR) is 118 cm³/mol. The first-order valence-corrected chi connectivity index (χ1v) is 10.5. The average Bonchev–Trinajstić information content (AvgIpc) is 2.79. The topological polar surface area (TPSA) is 82.2 Å². The smallest absolute Gasteiger partial charge is 0.262 e. The summed E-state index contributed by atoms with van der Waals surface area (Å²) in [6.07, 6.45) is 0. The van der Waals surface area contributed by atoms with Gasteiger partial charge in [0.1, 0.15) is 11.9 Å². The minimum Gasteiger partial charge on any atom is -0.338 e. The summed E-state index contributed by atoms with van der Waals surface area (Å²) < 4.78 is 1.51. The molecule has 2 aromatic carbocycles. The molecule has 31 heavy (non-hydrogen) atoms. The third-order valence-corrected chi connectivity index (χ3v) is 5.90. The Kier molecular flexibility index (Phi) is 5.83. The van der Waals surface area contributed by atoms with Gasteiger partial charge in [-0.3, -0.25) is 19.1 Å². The summed E-state index contributed by atoms with van der Waals surface area (Å²) in [5.41, 5.74) is 2.28. The lowest BCUT2D eigenvalue weighted by molar-refractivity contribution is -0.136. The van der Waals surface area contributed by atoms with Crippen LogP contribution in [0.1, 0.15) is 29.9 Å². The predicted octanol–water partition coefficient (Wildman–Crippen LogP) is 2.48. The Morgan fingerprint density at radius 3 is 2.45 bits per heavy atom. The third kappa shape index (κ3) is 4.21. The molecule has 0 N–H and O–H groups in total. The number of hydrogen-bond acceptors (Lipinski definition) is 5. The van der Waals surface area contributed by atoms with Crippen LogP contribution in [0.3, 0.4) is 0 Å². The molecule has 7 heteroatoms. The zero-order valence-electron chi connectivity index (χ0n) is 17.8. The Labute approximate surface area is 181 Å². The van der Waals surface area contributed by atoms with Crippen LogP contribution in [-0.4, -0.2) is 51.4 Å². The summed E-state index contributed by atoms with van der Waals surface area (Å²) >= 11 is 0. The van der Waals surface area contributed by atoms with Gasteiger partial charge in [-0.2, -0.15) is 5.26 Å². The Bertz CT molecular complexity index is 1200. The number of fused-ring (bicyclic) bond motifs is 1. The van der Waals surface area contributed by atoms with Gasteiger partial charge >= 0.3 is 0 Å². The minimum absolute atomic E-state index is 0.0553. The van der Waals surface area contributed by atoms with Gasteiger partial charge in [-0.15, -0.1) is 0 Å². The van der Waals surface area contributed by atoms with Crippen molar-refractivity contribution in [2.24, 2.45) is 0 Å². The normalized spacial score (nSPS) is 15.6. The maximum Gasteiger partial charge on any atom is 0.262 e. The van der Waals surface area contributed by atoms with E-state index in [0.717, 1.165) is 25.2 Å².